The van der Waals surface area contributed by atoms with Gasteiger partial charge < -0.3 is 15.8 Å². The van der Waals surface area contributed by atoms with Crippen LogP contribution in [0.15, 0.2) is 54.6 Å². The molecule has 0 spiro atoms. The van der Waals surface area contributed by atoms with E-state index in [1.807, 2.05) is 18.2 Å². The molecule has 2 amide bonds. The number of amides is 2. The number of ether oxygens (including phenoxy) is 1. The first kappa shape index (κ1) is 20.5. The largest absolute Gasteiger partial charge is 0.483 e. The van der Waals surface area contributed by atoms with Gasteiger partial charge in [0.05, 0.1) is 11.6 Å². The number of carbonyl (C=O) groups excluding carboxylic acids is 2. The molecule has 0 aromatic heterocycles. The molecule has 0 aliphatic heterocycles. The number of para-hydroxylation sites is 1. The molecule has 1 unspecified atom stereocenters. The van der Waals surface area contributed by atoms with Gasteiger partial charge in [0.2, 0.25) is 0 Å². The van der Waals surface area contributed by atoms with E-state index in [1.54, 1.807) is 24.3 Å². The van der Waals surface area contributed by atoms with Crippen molar-refractivity contribution in [2.45, 2.75) is 19.9 Å². The molecule has 0 fully saturated rings. The molecule has 6 nitrogen and oxygen atoms in total. The van der Waals surface area contributed by atoms with Gasteiger partial charge in [0.15, 0.2) is 6.61 Å². The van der Waals surface area contributed by atoms with Gasteiger partial charge in [-0.2, -0.15) is 0 Å². The molecule has 6 heteroatoms. The summed E-state index contributed by atoms with van der Waals surface area (Å²) in [6, 6.07) is 17.0. The number of hydrogen-bond donors (Lipinski definition) is 2. The van der Waals surface area contributed by atoms with Crippen LogP contribution in [0.4, 0.5) is 0 Å². The Morgan fingerprint density at radius 1 is 1.04 bits per heavy atom. The van der Waals surface area contributed by atoms with Crippen LogP contribution < -0.4 is 15.8 Å². The minimum atomic E-state index is -0.587. The molecule has 0 aliphatic carbocycles. The van der Waals surface area contributed by atoms with Gasteiger partial charge in [0.25, 0.3) is 11.8 Å². The molecule has 27 heavy (non-hydrogen) atoms. The van der Waals surface area contributed by atoms with E-state index in [2.05, 4.69) is 36.2 Å². The first-order chi connectivity index (χ1) is 13.1. The summed E-state index contributed by atoms with van der Waals surface area (Å²) in [5.74, 6) is -0.494. The van der Waals surface area contributed by atoms with Crippen molar-refractivity contribution >= 4 is 11.8 Å². The van der Waals surface area contributed by atoms with E-state index in [0.717, 1.165) is 18.7 Å². The fourth-order valence-electron chi connectivity index (χ4n) is 3.01. The van der Waals surface area contributed by atoms with Crippen LogP contribution in [0, 0.1) is 0 Å². The summed E-state index contributed by atoms with van der Waals surface area (Å²) in [7, 11) is 0. The summed E-state index contributed by atoms with van der Waals surface area (Å²) in [5.41, 5.74) is 6.66. The zero-order valence-corrected chi connectivity index (χ0v) is 15.9. The highest BCUT2D eigenvalue weighted by molar-refractivity contribution is 5.97. The van der Waals surface area contributed by atoms with Crippen molar-refractivity contribution in [1.29, 1.82) is 0 Å². The fourth-order valence-corrected chi connectivity index (χ4v) is 3.01. The minimum Gasteiger partial charge on any atom is -0.483 e. The molecule has 2 aromatic rings. The van der Waals surface area contributed by atoms with Gasteiger partial charge in [0, 0.05) is 6.54 Å². The van der Waals surface area contributed by atoms with Crippen LogP contribution in [-0.2, 0) is 4.79 Å². The summed E-state index contributed by atoms with van der Waals surface area (Å²) in [6.07, 6.45) is 0. The van der Waals surface area contributed by atoms with E-state index in [4.69, 9.17) is 10.5 Å². The number of rotatable bonds is 10. The number of benzene rings is 2. The van der Waals surface area contributed by atoms with Gasteiger partial charge in [-0.05, 0) is 30.8 Å². The second kappa shape index (κ2) is 10.3. The Bertz CT molecular complexity index is 745. The monoisotopic (exact) mass is 369 g/mol. The Hall–Kier alpha value is -2.86. The number of nitrogens with two attached hydrogens (primary N) is 1. The predicted octanol–water partition coefficient (Wildman–Crippen LogP) is 2.36. The van der Waals surface area contributed by atoms with E-state index in [-0.39, 0.29) is 18.6 Å². The van der Waals surface area contributed by atoms with E-state index < -0.39 is 5.91 Å². The molecule has 3 N–H and O–H groups in total. The van der Waals surface area contributed by atoms with Crippen molar-refractivity contribution in [3.8, 4) is 5.75 Å². The molecular formula is C21H27N3O3. The van der Waals surface area contributed by atoms with Gasteiger partial charge in [0.1, 0.15) is 5.75 Å². The highest BCUT2D eigenvalue weighted by Gasteiger charge is 2.20. The molecule has 2 aromatic carbocycles. The standard InChI is InChI=1S/C21H27N3O3/c1-3-24(4-2)18(16-10-6-5-7-11-16)14-23-21(26)17-12-8-9-13-19(17)27-15-20(22)25/h5-13,18H,3-4,14-15H2,1-2H3,(H2,22,25)(H,23,26). The average Bonchev–Trinajstić information content (AvgIpc) is 2.70. The lowest BCUT2D eigenvalue weighted by Crippen LogP contribution is -2.38. The summed E-state index contributed by atoms with van der Waals surface area (Å²) in [4.78, 5) is 26.0. The quantitative estimate of drug-likeness (QED) is 0.673. The van der Waals surface area contributed by atoms with Crippen LogP contribution >= 0.6 is 0 Å². The van der Waals surface area contributed by atoms with E-state index >= 15 is 0 Å². The Morgan fingerprint density at radius 2 is 1.67 bits per heavy atom. The Labute approximate surface area is 160 Å². The third kappa shape index (κ3) is 5.82. The maximum atomic E-state index is 12.7. The van der Waals surface area contributed by atoms with Crippen LogP contribution in [0.1, 0.15) is 35.8 Å². The normalized spacial score (nSPS) is 11.8. The van der Waals surface area contributed by atoms with Gasteiger partial charge in [-0.25, -0.2) is 0 Å². The van der Waals surface area contributed by atoms with Crippen molar-refractivity contribution in [3.05, 3.63) is 65.7 Å². The van der Waals surface area contributed by atoms with Crippen LogP contribution in [0.5, 0.6) is 5.75 Å². The molecule has 0 aliphatic rings. The van der Waals surface area contributed by atoms with Crippen LogP contribution in [0.3, 0.4) is 0 Å². The SMILES string of the molecule is CCN(CC)C(CNC(=O)c1ccccc1OCC(N)=O)c1ccccc1. The summed E-state index contributed by atoms with van der Waals surface area (Å²) in [5, 5.41) is 3.00. The molecule has 0 saturated heterocycles. The lowest BCUT2D eigenvalue weighted by molar-refractivity contribution is -0.119. The summed E-state index contributed by atoms with van der Waals surface area (Å²) < 4.78 is 5.36. The molecule has 0 radical (unpaired) electrons. The Kier molecular flexibility index (Phi) is 7.82. The van der Waals surface area contributed by atoms with Crippen molar-refractivity contribution in [2.24, 2.45) is 5.73 Å². The van der Waals surface area contributed by atoms with Gasteiger partial charge in [-0.3, -0.25) is 14.5 Å². The lowest BCUT2D eigenvalue weighted by atomic mass is 10.0. The average molecular weight is 369 g/mol. The summed E-state index contributed by atoms with van der Waals surface area (Å²) in [6.45, 7) is 6.17. The molecule has 1 atom stereocenters. The van der Waals surface area contributed by atoms with Gasteiger partial charge in [-0.15, -0.1) is 0 Å². The van der Waals surface area contributed by atoms with E-state index in [0.29, 0.717) is 17.9 Å². The zero-order chi connectivity index (χ0) is 19.6. The molecule has 0 bridgehead atoms. The number of nitrogens with zero attached hydrogens (tertiary/aromatic N) is 1. The first-order valence-electron chi connectivity index (χ1n) is 9.14. The lowest BCUT2D eigenvalue weighted by Gasteiger charge is -2.30. The number of nitrogens with one attached hydrogen (secondary N) is 1. The highest BCUT2D eigenvalue weighted by atomic mass is 16.5. The van der Waals surface area contributed by atoms with Gasteiger partial charge >= 0.3 is 0 Å². The van der Waals surface area contributed by atoms with E-state index in [1.165, 1.54) is 0 Å². The number of hydrogen-bond acceptors (Lipinski definition) is 4. The maximum absolute atomic E-state index is 12.7. The number of likely N-dealkylation sites (N-methyl/N-ethyl adjacent to an activating group) is 1. The number of carbonyl (C=O) groups is 2. The van der Waals surface area contributed by atoms with Crippen molar-refractivity contribution < 1.29 is 14.3 Å². The van der Waals surface area contributed by atoms with Crippen molar-refractivity contribution in [1.82, 2.24) is 10.2 Å². The molecule has 2 rings (SSSR count). The minimum absolute atomic E-state index is 0.0730. The Morgan fingerprint density at radius 3 is 2.30 bits per heavy atom. The third-order valence-electron chi connectivity index (χ3n) is 4.40. The van der Waals surface area contributed by atoms with Gasteiger partial charge in [-0.1, -0.05) is 56.3 Å². The predicted molar refractivity (Wildman–Crippen MR) is 106 cm³/mol. The third-order valence-corrected chi connectivity index (χ3v) is 4.40. The topological polar surface area (TPSA) is 84.7 Å². The summed E-state index contributed by atoms with van der Waals surface area (Å²) >= 11 is 0. The zero-order valence-electron chi connectivity index (χ0n) is 15.9. The highest BCUT2D eigenvalue weighted by Crippen LogP contribution is 2.21. The molecular weight excluding hydrogens is 342 g/mol. The van der Waals surface area contributed by atoms with Crippen LogP contribution in [0.25, 0.3) is 0 Å². The second-order valence-electron chi connectivity index (χ2n) is 6.11. The van der Waals surface area contributed by atoms with Crippen LogP contribution in [0.2, 0.25) is 0 Å². The second-order valence-corrected chi connectivity index (χ2v) is 6.11. The maximum Gasteiger partial charge on any atom is 0.255 e. The molecule has 144 valence electrons. The first-order valence-corrected chi connectivity index (χ1v) is 9.14. The molecule has 0 heterocycles. The Balaban J connectivity index is 2.13. The van der Waals surface area contributed by atoms with Crippen LogP contribution in [-0.4, -0.2) is 43.0 Å². The smallest absolute Gasteiger partial charge is 0.255 e. The van der Waals surface area contributed by atoms with Crippen molar-refractivity contribution in [3.63, 3.8) is 0 Å². The molecule has 0 saturated carbocycles. The van der Waals surface area contributed by atoms with E-state index in [9.17, 15) is 9.59 Å². The fraction of sp³-hybridized carbons (Fsp3) is 0.333. The van der Waals surface area contributed by atoms with Crippen molar-refractivity contribution in [2.75, 3.05) is 26.2 Å². The number of primary amides is 1.